The van der Waals surface area contributed by atoms with E-state index < -0.39 is 11.7 Å². The van der Waals surface area contributed by atoms with Crippen molar-refractivity contribution >= 4 is 23.3 Å². The molecule has 1 fully saturated rings. The summed E-state index contributed by atoms with van der Waals surface area (Å²) in [4.78, 5) is 20.1. The minimum atomic E-state index is -4.48. The number of amides is 1. The van der Waals surface area contributed by atoms with Gasteiger partial charge in [-0.15, -0.1) is 0 Å². The molecule has 4 nitrogen and oxygen atoms in total. The molecule has 3 rings (SSSR count). The zero-order valence-corrected chi connectivity index (χ0v) is 16.2. The molecule has 0 aliphatic carbocycles. The van der Waals surface area contributed by atoms with Crippen LogP contribution in [0, 0.1) is 0 Å². The lowest BCUT2D eigenvalue weighted by Gasteiger charge is -2.36. The van der Waals surface area contributed by atoms with E-state index in [0.717, 1.165) is 17.8 Å². The molecule has 0 saturated carbocycles. The summed E-state index contributed by atoms with van der Waals surface area (Å²) in [6.45, 7) is 3.95. The third kappa shape index (κ3) is 4.76. The second-order valence-corrected chi connectivity index (χ2v) is 7.32. The van der Waals surface area contributed by atoms with Gasteiger partial charge in [-0.05, 0) is 17.5 Å². The summed E-state index contributed by atoms with van der Waals surface area (Å²) >= 11 is 6.02. The Kier molecular flexibility index (Phi) is 6.13. The lowest BCUT2D eigenvalue weighted by atomic mass is 9.97. The Bertz CT molecular complexity index is 821. The molecule has 0 radical (unpaired) electrons. The predicted octanol–water partition coefficient (Wildman–Crippen LogP) is 4.60. The van der Waals surface area contributed by atoms with Crippen molar-refractivity contribution in [1.82, 2.24) is 9.88 Å². The third-order valence-corrected chi connectivity index (χ3v) is 5.21. The second kappa shape index (κ2) is 8.39. The highest BCUT2D eigenvalue weighted by Gasteiger charge is 2.32. The zero-order chi connectivity index (χ0) is 20.3. The molecule has 1 aliphatic heterocycles. The maximum absolute atomic E-state index is 12.8. The first-order valence-corrected chi connectivity index (χ1v) is 9.44. The zero-order valence-electron chi connectivity index (χ0n) is 15.4. The normalized spacial score (nSPS) is 16.2. The van der Waals surface area contributed by atoms with Gasteiger partial charge in [0.2, 0.25) is 5.91 Å². The summed E-state index contributed by atoms with van der Waals surface area (Å²) in [5, 5.41) is -0.0349. The highest BCUT2D eigenvalue weighted by molar-refractivity contribution is 6.33. The first kappa shape index (κ1) is 20.5. The molecule has 1 aromatic heterocycles. The van der Waals surface area contributed by atoms with Crippen LogP contribution < -0.4 is 4.90 Å². The average Bonchev–Trinajstić information content (AvgIpc) is 2.68. The first-order chi connectivity index (χ1) is 13.3. The van der Waals surface area contributed by atoms with Crippen molar-refractivity contribution in [3.05, 3.63) is 58.7 Å². The minimum absolute atomic E-state index is 0.0349. The Morgan fingerprint density at radius 2 is 1.82 bits per heavy atom. The monoisotopic (exact) mass is 411 g/mol. The van der Waals surface area contributed by atoms with Gasteiger partial charge >= 0.3 is 6.18 Å². The summed E-state index contributed by atoms with van der Waals surface area (Å²) in [6, 6.07) is 10.8. The van der Waals surface area contributed by atoms with Gasteiger partial charge in [0, 0.05) is 38.8 Å². The molecule has 0 unspecified atom stereocenters. The SMILES string of the molecule is C[C@H](CC(=O)N1CCN(c2ncc(C(F)(F)F)cc2Cl)CC1)c1ccccc1. The second-order valence-electron chi connectivity index (χ2n) is 6.91. The van der Waals surface area contributed by atoms with Crippen LogP contribution in [0.25, 0.3) is 0 Å². The Labute approximate surface area is 166 Å². The predicted molar refractivity (Wildman–Crippen MR) is 103 cm³/mol. The van der Waals surface area contributed by atoms with Gasteiger partial charge in [0.05, 0.1) is 10.6 Å². The molecule has 0 N–H and O–H groups in total. The summed E-state index contributed by atoms with van der Waals surface area (Å²) in [5.41, 5.74) is 0.250. The maximum Gasteiger partial charge on any atom is 0.417 e. The molecular weight excluding hydrogens is 391 g/mol. The van der Waals surface area contributed by atoms with Gasteiger partial charge in [-0.3, -0.25) is 4.79 Å². The Hall–Kier alpha value is -2.28. The maximum atomic E-state index is 12.8. The van der Waals surface area contributed by atoms with Crippen LogP contribution >= 0.6 is 11.6 Å². The van der Waals surface area contributed by atoms with Gasteiger partial charge in [0.15, 0.2) is 0 Å². The number of rotatable bonds is 4. The Morgan fingerprint density at radius 3 is 2.39 bits per heavy atom. The molecule has 1 aliphatic rings. The molecule has 28 heavy (non-hydrogen) atoms. The van der Waals surface area contributed by atoms with Crippen molar-refractivity contribution in [3.63, 3.8) is 0 Å². The fraction of sp³-hybridized carbons (Fsp3) is 0.400. The van der Waals surface area contributed by atoms with Crippen LogP contribution in [0.2, 0.25) is 5.02 Å². The van der Waals surface area contributed by atoms with E-state index in [1.54, 1.807) is 4.90 Å². The highest BCUT2D eigenvalue weighted by atomic mass is 35.5. The van der Waals surface area contributed by atoms with Crippen molar-refractivity contribution in [2.24, 2.45) is 0 Å². The van der Waals surface area contributed by atoms with E-state index in [0.29, 0.717) is 38.4 Å². The summed E-state index contributed by atoms with van der Waals surface area (Å²) < 4.78 is 38.3. The fourth-order valence-corrected chi connectivity index (χ4v) is 3.56. The van der Waals surface area contributed by atoms with Gasteiger partial charge in [-0.2, -0.15) is 13.2 Å². The number of aromatic nitrogens is 1. The van der Waals surface area contributed by atoms with Gasteiger partial charge in [-0.1, -0.05) is 48.9 Å². The van der Waals surface area contributed by atoms with E-state index in [1.807, 2.05) is 42.2 Å². The number of halogens is 4. The number of carbonyl (C=O) groups is 1. The molecular formula is C20H21ClF3N3O. The van der Waals surface area contributed by atoms with Crippen LogP contribution in [0.5, 0.6) is 0 Å². The topological polar surface area (TPSA) is 36.4 Å². The lowest BCUT2D eigenvalue weighted by molar-refractivity contribution is -0.138. The van der Waals surface area contributed by atoms with E-state index >= 15 is 0 Å². The van der Waals surface area contributed by atoms with Crippen LogP contribution in [0.1, 0.15) is 30.4 Å². The van der Waals surface area contributed by atoms with Gasteiger partial charge in [0.1, 0.15) is 5.82 Å². The van der Waals surface area contributed by atoms with E-state index in [2.05, 4.69) is 4.98 Å². The van der Waals surface area contributed by atoms with E-state index in [4.69, 9.17) is 11.6 Å². The van der Waals surface area contributed by atoms with E-state index in [1.165, 1.54) is 0 Å². The quantitative estimate of drug-likeness (QED) is 0.738. The fourth-order valence-electron chi connectivity index (χ4n) is 3.28. The molecule has 1 amide bonds. The van der Waals surface area contributed by atoms with E-state index in [-0.39, 0.29) is 16.8 Å². The average molecular weight is 412 g/mol. The number of anilines is 1. The molecule has 0 spiro atoms. The smallest absolute Gasteiger partial charge is 0.352 e. The lowest BCUT2D eigenvalue weighted by Crippen LogP contribution is -2.49. The Balaban J connectivity index is 1.58. The number of carbonyl (C=O) groups excluding carboxylic acids is 1. The number of hydrogen-bond acceptors (Lipinski definition) is 3. The van der Waals surface area contributed by atoms with Crippen molar-refractivity contribution < 1.29 is 18.0 Å². The minimum Gasteiger partial charge on any atom is -0.352 e. The number of hydrogen-bond donors (Lipinski definition) is 0. The number of benzene rings is 1. The van der Waals surface area contributed by atoms with Crippen molar-refractivity contribution in [2.45, 2.75) is 25.4 Å². The number of pyridine rings is 1. The van der Waals surface area contributed by atoms with Gasteiger partial charge in [0.25, 0.3) is 0 Å². The van der Waals surface area contributed by atoms with Crippen molar-refractivity contribution in [3.8, 4) is 0 Å². The van der Waals surface area contributed by atoms with E-state index in [9.17, 15) is 18.0 Å². The van der Waals surface area contributed by atoms with Crippen LogP contribution in [-0.2, 0) is 11.0 Å². The van der Waals surface area contributed by atoms with Crippen LogP contribution in [0.3, 0.4) is 0 Å². The highest BCUT2D eigenvalue weighted by Crippen LogP contribution is 2.33. The van der Waals surface area contributed by atoms with Crippen LogP contribution in [-0.4, -0.2) is 42.0 Å². The number of piperazine rings is 1. The largest absolute Gasteiger partial charge is 0.417 e. The molecule has 1 aromatic carbocycles. The summed E-state index contributed by atoms with van der Waals surface area (Å²) in [6.07, 6.45) is -3.26. The molecule has 2 heterocycles. The standard InChI is InChI=1S/C20H21ClF3N3O/c1-14(15-5-3-2-4-6-15)11-18(28)26-7-9-27(10-8-26)19-17(21)12-16(13-25-19)20(22,23)24/h2-6,12-14H,7-11H2,1H3/t14-/m1/s1. The van der Waals surface area contributed by atoms with Gasteiger partial charge < -0.3 is 9.80 Å². The summed E-state index contributed by atoms with van der Waals surface area (Å²) in [5.74, 6) is 0.514. The summed E-state index contributed by atoms with van der Waals surface area (Å²) in [7, 11) is 0. The molecule has 1 atom stereocenters. The molecule has 2 aromatic rings. The van der Waals surface area contributed by atoms with Crippen molar-refractivity contribution in [1.29, 1.82) is 0 Å². The Morgan fingerprint density at radius 1 is 1.18 bits per heavy atom. The molecule has 0 bridgehead atoms. The van der Waals surface area contributed by atoms with Gasteiger partial charge in [-0.25, -0.2) is 4.98 Å². The molecule has 1 saturated heterocycles. The van der Waals surface area contributed by atoms with Crippen LogP contribution in [0.4, 0.5) is 19.0 Å². The number of nitrogens with zero attached hydrogens (tertiary/aromatic N) is 3. The van der Waals surface area contributed by atoms with Crippen LogP contribution in [0.15, 0.2) is 42.6 Å². The first-order valence-electron chi connectivity index (χ1n) is 9.06. The number of alkyl halides is 3. The molecule has 150 valence electrons. The van der Waals surface area contributed by atoms with Crippen molar-refractivity contribution in [2.75, 3.05) is 31.1 Å². The third-order valence-electron chi connectivity index (χ3n) is 4.93. The molecule has 8 heteroatoms.